The predicted molar refractivity (Wildman–Crippen MR) is 108 cm³/mol. The number of hydrogen-bond acceptors (Lipinski definition) is 7. The first-order valence-electron chi connectivity index (χ1n) is 9.70. The van der Waals surface area contributed by atoms with Gasteiger partial charge in [0.05, 0.1) is 5.57 Å². The minimum absolute atomic E-state index is 0.0858. The molecule has 0 fully saturated rings. The molecule has 1 unspecified atom stereocenters. The number of carbonyl (C=O) groups excluding carboxylic acids is 1. The molecule has 0 saturated carbocycles. The van der Waals surface area contributed by atoms with Crippen LogP contribution in [-0.4, -0.2) is 47.8 Å². The van der Waals surface area contributed by atoms with Gasteiger partial charge >= 0.3 is 18.5 Å². The van der Waals surface area contributed by atoms with Gasteiger partial charge in [0.2, 0.25) is 5.95 Å². The van der Waals surface area contributed by atoms with E-state index in [0.717, 1.165) is 36.5 Å². The maximum atomic E-state index is 13.1. The Balaban J connectivity index is 1.95. The van der Waals surface area contributed by atoms with Gasteiger partial charge in [0.15, 0.2) is 5.82 Å². The van der Waals surface area contributed by atoms with Crippen LogP contribution in [0.15, 0.2) is 30.9 Å². The normalized spacial score (nSPS) is 13.9. The minimum atomic E-state index is -5.20. The summed E-state index contributed by atoms with van der Waals surface area (Å²) in [4.78, 5) is 25.5. The zero-order chi connectivity index (χ0) is 27.8. The number of carbonyl (C=O) groups is 1. The number of amides is 1. The van der Waals surface area contributed by atoms with Crippen LogP contribution in [0.1, 0.15) is 23.9 Å². The van der Waals surface area contributed by atoms with Crippen molar-refractivity contribution in [3.05, 3.63) is 47.8 Å². The first kappa shape index (κ1) is 27.3. The first-order valence-corrected chi connectivity index (χ1v) is 9.70. The number of halogens is 9. The van der Waals surface area contributed by atoms with Crippen LogP contribution in [0.5, 0.6) is 0 Å². The van der Waals surface area contributed by atoms with Crippen LogP contribution in [0.2, 0.25) is 0 Å². The third-order valence-electron chi connectivity index (χ3n) is 4.50. The minimum Gasteiger partial charge on any atom is -0.366 e. The highest BCUT2D eigenvalue weighted by molar-refractivity contribution is 6.22. The van der Waals surface area contributed by atoms with Crippen LogP contribution < -0.4 is 11.1 Å². The second-order valence-corrected chi connectivity index (χ2v) is 7.28. The average molecular weight is 540 g/mol. The summed E-state index contributed by atoms with van der Waals surface area (Å²) in [6, 6.07) is -1.36. The fraction of sp³-hybridized carbons (Fsp3) is 0.263. The van der Waals surface area contributed by atoms with Crippen molar-refractivity contribution in [1.82, 2.24) is 29.7 Å². The van der Waals surface area contributed by atoms with E-state index in [0.29, 0.717) is 12.1 Å². The summed E-state index contributed by atoms with van der Waals surface area (Å²) < 4.78 is 117. The summed E-state index contributed by atoms with van der Waals surface area (Å²) >= 11 is 0. The standard InChI is InChI=1S/C19H13F9N8O/c1-8(17(20,21)22)33-16-30-4-10(5-31-16)11(14(29)37)6-36-7-32-15(35-36)9-2-12(18(23,24)25)34-13(3-9)19(26,27)28/h2-8H,1H3,(H2,29,37)(H,30,31,33)/b11-6+. The van der Waals surface area contributed by atoms with Crippen LogP contribution in [0, 0.1) is 0 Å². The van der Waals surface area contributed by atoms with E-state index in [-0.39, 0.29) is 11.1 Å². The molecule has 0 radical (unpaired) electrons. The molecule has 0 aliphatic rings. The maximum absolute atomic E-state index is 13.1. The van der Waals surface area contributed by atoms with Crippen molar-refractivity contribution in [2.75, 3.05) is 5.32 Å². The van der Waals surface area contributed by atoms with E-state index in [1.165, 1.54) is 0 Å². The monoisotopic (exact) mass is 540 g/mol. The number of pyridine rings is 1. The predicted octanol–water partition coefficient (Wildman–Crippen LogP) is 4.01. The molecule has 0 aliphatic heterocycles. The molecular formula is C19H13F9N8O. The summed E-state index contributed by atoms with van der Waals surface area (Å²) in [5.74, 6) is -2.08. The van der Waals surface area contributed by atoms with E-state index in [1.807, 2.05) is 5.32 Å². The molecule has 1 amide bonds. The van der Waals surface area contributed by atoms with Crippen LogP contribution in [-0.2, 0) is 17.1 Å². The van der Waals surface area contributed by atoms with Crippen molar-refractivity contribution in [3.63, 3.8) is 0 Å². The number of rotatable bonds is 6. The summed E-state index contributed by atoms with van der Waals surface area (Å²) in [7, 11) is 0. The van der Waals surface area contributed by atoms with Crippen LogP contribution in [0.3, 0.4) is 0 Å². The zero-order valence-electron chi connectivity index (χ0n) is 18.1. The van der Waals surface area contributed by atoms with Crippen molar-refractivity contribution < 1.29 is 44.3 Å². The second kappa shape index (κ2) is 9.66. The molecule has 37 heavy (non-hydrogen) atoms. The summed E-state index contributed by atoms with van der Waals surface area (Å²) in [6.07, 6.45) is -11.3. The van der Waals surface area contributed by atoms with Gasteiger partial charge in [-0.2, -0.15) is 39.5 Å². The smallest absolute Gasteiger partial charge is 0.366 e. The Morgan fingerprint density at radius 1 is 0.973 bits per heavy atom. The molecule has 198 valence electrons. The van der Waals surface area contributed by atoms with Gasteiger partial charge in [0.25, 0.3) is 5.91 Å². The van der Waals surface area contributed by atoms with E-state index >= 15 is 0 Å². The third kappa shape index (κ3) is 6.70. The van der Waals surface area contributed by atoms with E-state index in [4.69, 9.17) is 5.73 Å². The number of aromatic nitrogens is 6. The molecule has 3 heterocycles. The van der Waals surface area contributed by atoms with E-state index in [9.17, 15) is 44.3 Å². The third-order valence-corrected chi connectivity index (χ3v) is 4.50. The Hall–Kier alpha value is -4.25. The fourth-order valence-corrected chi connectivity index (χ4v) is 2.65. The average Bonchev–Trinajstić information content (AvgIpc) is 3.24. The van der Waals surface area contributed by atoms with Crippen LogP contribution in [0.4, 0.5) is 45.5 Å². The molecular weight excluding hydrogens is 527 g/mol. The summed E-state index contributed by atoms with van der Waals surface area (Å²) in [5, 5.41) is 5.74. The van der Waals surface area contributed by atoms with E-state index in [1.54, 1.807) is 0 Å². The van der Waals surface area contributed by atoms with Gasteiger partial charge in [0.1, 0.15) is 23.8 Å². The van der Waals surface area contributed by atoms with Crippen LogP contribution in [0.25, 0.3) is 23.2 Å². The highest BCUT2D eigenvalue weighted by Gasteiger charge is 2.39. The Labute approximate surface area is 200 Å². The molecule has 3 aromatic rings. The molecule has 0 spiro atoms. The molecule has 3 aromatic heterocycles. The second-order valence-electron chi connectivity index (χ2n) is 7.28. The molecule has 9 nitrogen and oxygen atoms in total. The van der Waals surface area contributed by atoms with Crippen molar-refractivity contribution in [3.8, 4) is 11.4 Å². The number of primary amides is 1. The van der Waals surface area contributed by atoms with Gasteiger partial charge in [-0.1, -0.05) is 0 Å². The van der Waals surface area contributed by atoms with Gasteiger partial charge in [-0.25, -0.2) is 24.6 Å². The van der Waals surface area contributed by atoms with Crippen molar-refractivity contribution in [2.24, 2.45) is 5.73 Å². The number of hydrogen-bond donors (Lipinski definition) is 2. The van der Waals surface area contributed by atoms with Crippen molar-refractivity contribution >= 4 is 23.6 Å². The largest absolute Gasteiger partial charge is 0.433 e. The Morgan fingerprint density at radius 3 is 1.97 bits per heavy atom. The number of nitrogens with two attached hydrogens (primary N) is 1. The van der Waals surface area contributed by atoms with Gasteiger partial charge in [0, 0.05) is 29.7 Å². The SMILES string of the molecule is CC(Nc1ncc(/C(=C\n2cnc(-c3cc(C(F)(F)F)nc(C(F)(F)F)c3)n2)C(N)=O)cn1)C(F)(F)F. The van der Waals surface area contributed by atoms with Gasteiger partial charge < -0.3 is 11.1 Å². The summed E-state index contributed by atoms with van der Waals surface area (Å²) in [6.45, 7) is 0.826. The molecule has 0 bridgehead atoms. The molecule has 1 atom stereocenters. The topological polar surface area (TPSA) is 125 Å². The van der Waals surface area contributed by atoms with Gasteiger partial charge in [-0.3, -0.25) is 4.79 Å². The van der Waals surface area contributed by atoms with Crippen molar-refractivity contribution in [2.45, 2.75) is 31.5 Å². The molecule has 3 rings (SSSR count). The first-order chi connectivity index (χ1) is 16.9. The van der Waals surface area contributed by atoms with Crippen LogP contribution >= 0.6 is 0 Å². The molecule has 3 N–H and O–H groups in total. The zero-order valence-corrected chi connectivity index (χ0v) is 18.1. The molecule has 0 saturated heterocycles. The van der Waals surface area contributed by atoms with Gasteiger partial charge in [-0.05, 0) is 19.1 Å². The highest BCUT2D eigenvalue weighted by atomic mass is 19.4. The number of nitrogens with zero attached hydrogens (tertiary/aromatic N) is 6. The number of anilines is 1. The van der Waals surface area contributed by atoms with Gasteiger partial charge in [-0.15, -0.1) is 5.10 Å². The summed E-state index contributed by atoms with van der Waals surface area (Å²) in [5.41, 5.74) is 0.541. The number of nitrogens with one attached hydrogen (secondary N) is 1. The Kier molecular flexibility index (Phi) is 7.14. The van der Waals surface area contributed by atoms with E-state index < -0.39 is 59.2 Å². The lowest BCUT2D eigenvalue weighted by Crippen LogP contribution is -2.33. The lowest BCUT2D eigenvalue weighted by Gasteiger charge is -2.16. The molecule has 18 heteroatoms. The quantitative estimate of drug-likeness (QED) is 0.358. The maximum Gasteiger partial charge on any atom is 0.433 e. The number of alkyl halides is 9. The fourth-order valence-electron chi connectivity index (χ4n) is 2.65. The van der Waals surface area contributed by atoms with Crippen molar-refractivity contribution in [1.29, 1.82) is 0 Å². The Morgan fingerprint density at radius 2 is 1.51 bits per heavy atom. The molecule has 0 aliphatic carbocycles. The lowest BCUT2D eigenvalue weighted by molar-refractivity contribution is -0.150. The Bertz CT molecular complexity index is 1280. The van der Waals surface area contributed by atoms with E-state index in [2.05, 4.69) is 25.0 Å². The molecule has 0 aromatic carbocycles. The highest BCUT2D eigenvalue weighted by Crippen LogP contribution is 2.35. The lowest BCUT2D eigenvalue weighted by atomic mass is 10.1.